The van der Waals surface area contributed by atoms with E-state index in [1.807, 2.05) is 19.0 Å². The van der Waals surface area contributed by atoms with E-state index in [0.717, 1.165) is 19.4 Å². The molecule has 0 radical (unpaired) electrons. The first-order valence-corrected chi connectivity index (χ1v) is 6.75. The molecule has 0 aromatic heterocycles. The lowest BCUT2D eigenvalue weighted by atomic mass is 10.1. The minimum atomic E-state index is -0.512. The molecule has 1 aromatic carbocycles. The summed E-state index contributed by atoms with van der Waals surface area (Å²) in [7, 11) is 3.96. The molecule has 0 saturated carbocycles. The average molecular weight is 280 g/mol. The van der Waals surface area contributed by atoms with E-state index in [1.54, 1.807) is 6.07 Å². The number of hydrogen-bond acceptors (Lipinski definition) is 4. The molecule has 1 aromatic rings. The van der Waals surface area contributed by atoms with E-state index in [9.17, 15) is 9.18 Å². The van der Waals surface area contributed by atoms with E-state index < -0.39 is 5.82 Å². The van der Waals surface area contributed by atoms with E-state index in [0.29, 0.717) is 6.54 Å². The Morgan fingerprint density at radius 3 is 2.95 bits per heavy atom. The summed E-state index contributed by atoms with van der Waals surface area (Å²) in [5.74, 6) is 4.66. The molecule has 1 atom stereocenters. The Morgan fingerprint density at radius 1 is 1.55 bits per heavy atom. The highest BCUT2D eigenvalue weighted by Gasteiger charge is 2.31. The third-order valence-corrected chi connectivity index (χ3v) is 3.60. The number of para-hydroxylation sites is 1. The molecular weight excluding hydrogens is 259 g/mol. The monoisotopic (exact) mass is 280 g/mol. The second-order valence-corrected chi connectivity index (χ2v) is 5.36. The lowest BCUT2D eigenvalue weighted by Gasteiger charge is -2.27. The lowest BCUT2D eigenvalue weighted by Crippen LogP contribution is -2.41. The van der Waals surface area contributed by atoms with Crippen LogP contribution in [0.15, 0.2) is 18.2 Å². The second kappa shape index (κ2) is 6.19. The fraction of sp³-hybridized carbons (Fsp3) is 0.500. The Labute approximate surface area is 118 Å². The number of carbonyl (C=O) groups is 1. The first-order valence-electron chi connectivity index (χ1n) is 6.75. The normalized spacial score (nSPS) is 18.6. The number of anilines is 1. The second-order valence-electron chi connectivity index (χ2n) is 5.36. The molecular formula is C14H21FN4O. The van der Waals surface area contributed by atoms with Gasteiger partial charge in [0.15, 0.2) is 0 Å². The van der Waals surface area contributed by atoms with Crippen molar-refractivity contribution in [2.45, 2.75) is 18.9 Å². The molecule has 0 aliphatic carbocycles. The van der Waals surface area contributed by atoms with Gasteiger partial charge in [-0.1, -0.05) is 6.07 Å². The van der Waals surface area contributed by atoms with Crippen molar-refractivity contribution >= 4 is 11.6 Å². The van der Waals surface area contributed by atoms with E-state index >= 15 is 0 Å². The number of hydrogen-bond donors (Lipinski definition) is 2. The maximum Gasteiger partial charge on any atom is 0.256 e. The third kappa shape index (κ3) is 2.91. The number of benzene rings is 1. The zero-order valence-corrected chi connectivity index (χ0v) is 11.9. The Balaban J connectivity index is 2.25. The van der Waals surface area contributed by atoms with Gasteiger partial charge in [0.25, 0.3) is 5.91 Å². The van der Waals surface area contributed by atoms with Gasteiger partial charge < -0.3 is 15.2 Å². The molecule has 1 heterocycles. The number of hydrazine groups is 1. The van der Waals surface area contributed by atoms with Crippen LogP contribution >= 0.6 is 0 Å². The number of halogens is 1. The van der Waals surface area contributed by atoms with Crippen molar-refractivity contribution in [3.63, 3.8) is 0 Å². The van der Waals surface area contributed by atoms with E-state index in [-0.39, 0.29) is 23.2 Å². The number of rotatable bonds is 4. The van der Waals surface area contributed by atoms with E-state index in [4.69, 9.17) is 5.84 Å². The van der Waals surface area contributed by atoms with Crippen LogP contribution in [0.4, 0.5) is 10.1 Å². The Bertz CT molecular complexity index is 492. The molecule has 2 rings (SSSR count). The minimum absolute atomic E-state index is 0.0630. The zero-order chi connectivity index (χ0) is 14.7. The number of nitrogens with zero attached hydrogens (tertiary/aromatic N) is 2. The minimum Gasteiger partial charge on any atom is -0.334 e. The molecule has 5 nitrogen and oxygen atoms in total. The molecule has 1 aliphatic heterocycles. The summed E-state index contributed by atoms with van der Waals surface area (Å²) >= 11 is 0. The van der Waals surface area contributed by atoms with Crippen molar-refractivity contribution in [2.75, 3.05) is 32.6 Å². The van der Waals surface area contributed by atoms with Crippen molar-refractivity contribution in [2.24, 2.45) is 5.84 Å². The van der Waals surface area contributed by atoms with Crippen LogP contribution in [-0.2, 0) is 0 Å². The van der Waals surface area contributed by atoms with Gasteiger partial charge in [0.05, 0.1) is 11.3 Å². The van der Waals surface area contributed by atoms with Crippen LogP contribution in [0.1, 0.15) is 23.2 Å². The molecule has 110 valence electrons. The van der Waals surface area contributed by atoms with Crippen molar-refractivity contribution in [1.29, 1.82) is 0 Å². The summed E-state index contributed by atoms with van der Waals surface area (Å²) in [5.41, 5.74) is 2.64. The molecule has 1 amide bonds. The first-order chi connectivity index (χ1) is 9.54. The summed E-state index contributed by atoms with van der Waals surface area (Å²) in [4.78, 5) is 16.5. The zero-order valence-electron chi connectivity index (χ0n) is 11.9. The van der Waals surface area contributed by atoms with Crippen molar-refractivity contribution < 1.29 is 9.18 Å². The van der Waals surface area contributed by atoms with Gasteiger partial charge in [-0.25, -0.2) is 4.39 Å². The van der Waals surface area contributed by atoms with Gasteiger partial charge in [-0.15, -0.1) is 0 Å². The van der Waals surface area contributed by atoms with Gasteiger partial charge in [-0.2, -0.15) is 0 Å². The van der Waals surface area contributed by atoms with Gasteiger partial charge in [-0.3, -0.25) is 10.6 Å². The quantitative estimate of drug-likeness (QED) is 0.644. The van der Waals surface area contributed by atoms with Gasteiger partial charge in [0.2, 0.25) is 0 Å². The van der Waals surface area contributed by atoms with Crippen LogP contribution in [0, 0.1) is 5.82 Å². The summed E-state index contributed by atoms with van der Waals surface area (Å²) in [6, 6.07) is 4.59. The molecule has 0 bridgehead atoms. The van der Waals surface area contributed by atoms with Gasteiger partial charge in [0, 0.05) is 19.1 Å². The van der Waals surface area contributed by atoms with Crippen LogP contribution in [0.5, 0.6) is 0 Å². The van der Waals surface area contributed by atoms with E-state index in [1.165, 1.54) is 12.1 Å². The van der Waals surface area contributed by atoms with Crippen LogP contribution < -0.4 is 11.3 Å². The predicted octanol–water partition coefficient (Wildman–Crippen LogP) is 1.28. The fourth-order valence-corrected chi connectivity index (χ4v) is 2.72. The standard InChI is InChI=1S/C14H21FN4O/c1-18(2)9-10-5-4-8-19(10)14(20)11-6-3-7-12(15)13(11)17-16/h3,6-7,10,17H,4-5,8-9,16H2,1-2H3. The summed E-state index contributed by atoms with van der Waals surface area (Å²) in [5, 5.41) is 0. The maximum absolute atomic E-state index is 13.7. The number of nitrogens with one attached hydrogen (secondary N) is 1. The van der Waals surface area contributed by atoms with Crippen LogP contribution in [0.2, 0.25) is 0 Å². The number of likely N-dealkylation sites (tertiary alicyclic amines) is 1. The first kappa shape index (κ1) is 14.7. The molecule has 0 spiro atoms. The highest BCUT2D eigenvalue weighted by atomic mass is 19.1. The van der Waals surface area contributed by atoms with Crippen LogP contribution in [0.25, 0.3) is 0 Å². The van der Waals surface area contributed by atoms with Gasteiger partial charge >= 0.3 is 0 Å². The maximum atomic E-state index is 13.7. The largest absolute Gasteiger partial charge is 0.334 e. The molecule has 6 heteroatoms. The number of likely N-dealkylation sites (N-methyl/N-ethyl adjacent to an activating group) is 1. The Morgan fingerprint density at radius 2 is 2.30 bits per heavy atom. The third-order valence-electron chi connectivity index (χ3n) is 3.60. The molecule has 1 aliphatic rings. The van der Waals surface area contributed by atoms with Crippen LogP contribution in [0.3, 0.4) is 0 Å². The number of amides is 1. The SMILES string of the molecule is CN(C)CC1CCCN1C(=O)c1cccc(F)c1NN. The summed E-state index contributed by atoms with van der Waals surface area (Å²) in [6.07, 6.45) is 1.95. The Kier molecular flexibility index (Phi) is 4.57. The Hall–Kier alpha value is -1.66. The molecule has 20 heavy (non-hydrogen) atoms. The highest BCUT2D eigenvalue weighted by Crippen LogP contribution is 2.25. The lowest BCUT2D eigenvalue weighted by molar-refractivity contribution is 0.0717. The van der Waals surface area contributed by atoms with E-state index in [2.05, 4.69) is 10.3 Å². The highest BCUT2D eigenvalue weighted by molar-refractivity contribution is 6.00. The average Bonchev–Trinajstić information content (AvgIpc) is 2.84. The molecule has 3 N–H and O–H groups in total. The predicted molar refractivity (Wildman–Crippen MR) is 76.8 cm³/mol. The van der Waals surface area contributed by atoms with Crippen molar-refractivity contribution in [3.05, 3.63) is 29.6 Å². The summed E-state index contributed by atoms with van der Waals surface area (Å²) in [6.45, 7) is 1.52. The van der Waals surface area contributed by atoms with Crippen molar-refractivity contribution in [3.8, 4) is 0 Å². The number of carbonyl (C=O) groups excluding carboxylic acids is 1. The summed E-state index contributed by atoms with van der Waals surface area (Å²) < 4.78 is 13.7. The number of nitrogen functional groups attached to an aromatic ring is 1. The fourth-order valence-electron chi connectivity index (χ4n) is 2.72. The topological polar surface area (TPSA) is 61.6 Å². The molecule has 1 saturated heterocycles. The van der Waals surface area contributed by atoms with Crippen LogP contribution in [-0.4, -0.2) is 48.9 Å². The van der Waals surface area contributed by atoms with Gasteiger partial charge in [-0.05, 0) is 39.1 Å². The molecule has 1 fully saturated rings. The number of nitrogens with two attached hydrogens (primary N) is 1. The smallest absolute Gasteiger partial charge is 0.256 e. The van der Waals surface area contributed by atoms with Gasteiger partial charge in [0.1, 0.15) is 5.82 Å². The van der Waals surface area contributed by atoms with Crippen molar-refractivity contribution in [1.82, 2.24) is 9.80 Å². The molecule has 1 unspecified atom stereocenters.